The number of carbonyl (C=O) groups is 2. The lowest BCUT2D eigenvalue weighted by atomic mass is 9.91. The van der Waals surface area contributed by atoms with Crippen LogP contribution in [0.3, 0.4) is 0 Å². The zero-order chi connectivity index (χ0) is 18.7. The summed E-state index contributed by atoms with van der Waals surface area (Å²) in [6.07, 6.45) is -1.87. The number of ether oxygens (including phenoxy) is 2. The monoisotopic (exact) mass is 357 g/mol. The molecule has 1 atom stereocenters. The molecule has 0 aliphatic carbocycles. The fraction of sp³-hybridized carbons (Fsp3) is 0.312. The van der Waals surface area contributed by atoms with Crippen LogP contribution in [0.15, 0.2) is 35.3 Å². The number of halogens is 3. The Balaban J connectivity index is 2.11. The molecule has 0 fully saturated rings. The number of methoxy groups -OCH3 is 1. The predicted molar refractivity (Wildman–Crippen MR) is 81.5 cm³/mol. The van der Waals surface area contributed by atoms with Gasteiger partial charge in [0.1, 0.15) is 5.54 Å². The van der Waals surface area contributed by atoms with Crippen molar-refractivity contribution in [2.24, 2.45) is 4.99 Å². The van der Waals surface area contributed by atoms with Crippen molar-refractivity contribution >= 4 is 18.0 Å². The van der Waals surface area contributed by atoms with Crippen molar-refractivity contribution < 1.29 is 37.3 Å². The molecule has 25 heavy (non-hydrogen) atoms. The number of hydrogen-bond acceptors (Lipinski definition) is 5. The molecule has 134 valence electrons. The Morgan fingerprint density at radius 2 is 2.00 bits per heavy atom. The van der Waals surface area contributed by atoms with E-state index >= 15 is 0 Å². The summed E-state index contributed by atoms with van der Waals surface area (Å²) in [6.45, 7) is -0.258. The van der Waals surface area contributed by atoms with E-state index in [0.717, 1.165) is 12.3 Å². The van der Waals surface area contributed by atoms with E-state index in [4.69, 9.17) is 14.6 Å². The van der Waals surface area contributed by atoms with Gasteiger partial charge in [-0.2, -0.15) is 13.2 Å². The maximum absolute atomic E-state index is 12.8. The first-order chi connectivity index (χ1) is 11.7. The fourth-order valence-electron chi connectivity index (χ4n) is 2.30. The van der Waals surface area contributed by atoms with Gasteiger partial charge in [0.2, 0.25) is 0 Å². The Kier molecular flexibility index (Phi) is 5.15. The molecule has 1 aromatic rings. The van der Waals surface area contributed by atoms with Gasteiger partial charge in [-0.05, 0) is 30.4 Å². The van der Waals surface area contributed by atoms with Gasteiger partial charge in [0.05, 0.1) is 19.3 Å². The second-order valence-corrected chi connectivity index (χ2v) is 5.16. The third-order valence-corrected chi connectivity index (χ3v) is 3.56. The summed E-state index contributed by atoms with van der Waals surface area (Å²) in [7, 11) is 1.30. The number of carboxylic acids is 1. The van der Waals surface area contributed by atoms with E-state index < -0.39 is 23.5 Å². The Hall–Kier alpha value is -2.84. The van der Waals surface area contributed by atoms with Crippen molar-refractivity contribution in [1.29, 1.82) is 0 Å². The van der Waals surface area contributed by atoms with Crippen molar-refractivity contribution in [3.05, 3.63) is 35.9 Å². The minimum absolute atomic E-state index is 0.0313. The largest absolute Gasteiger partial charge is 0.493 e. The number of carbonyl (C=O) groups excluding carboxylic acids is 1. The van der Waals surface area contributed by atoms with Crippen LogP contribution < -0.4 is 9.47 Å². The number of carboxylic acid groups (broad SMARTS) is 1. The minimum Gasteiger partial charge on any atom is -0.493 e. The molecule has 2 rings (SSSR count). The molecule has 0 bridgehead atoms. The molecule has 1 N–H and O–H groups in total. The molecule has 0 spiro atoms. The van der Waals surface area contributed by atoms with Gasteiger partial charge in [0.15, 0.2) is 11.5 Å². The maximum Gasteiger partial charge on any atom is 0.452 e. The summed E-state index contributed by atoms with van der Waals surface area (Å²) >= 11 is 0. The van der Waals surface area contributed by atoms with E-state index in [1.807, 2.05) is 0 Å². The van der Waals surface area contributed by atoms with Crippen molar-refractivity contribution in [2.45, 2.75) is 18.1 Å². The van der Waals surface area contributed by atoms with Crippen LogP contribution in [-0.4, -0.2) is 48.5 Å². The van der Waals surface area contributed by atoms with Gasteiger partial charge in [-0.3, -0.25) is 9.79 Å². The first-order valence-electron chi connectivity index (χ1n) is 7.08. The highest BCUT2D eigenvalue weighted by Gasteiger charge is 2.52. The highest BCUT2D eigenvalue weighted by atomic mass is 19.4. The second kappa shape index (κ2) is 6.96. The number of aromatic carboxylic acids is 1. The lowest BCUT2D eigenvalue weighted by Gasteiger charge is -2.24. The number of allylic oxidation sites excluding steroid dienone is 1. The summed E-state index contributed by atoms with van der Waals surface area (Å²) in [4.78, 5) is 26.2. The van der Waals surface area contributed by atoms with Crippen molar-refractivity contribution in [3.63, 3.8) is 0 Å². The Bertz CT molecular complexity index is 728. The lowest BCUT2D eigenvalue weighted by Crippen LogP contribution is -2.44. The molecule has 1 aromatic carbocycles. The van der Waals surface area contributed by atoms with E-state index in [9.17, 15) is 22.8 Å². The number of rotatable bonds is 7. The highest BCUT2D eigenvalue weighted by Crippen LogP contribution is 2.33. The van der Waals surface area contributed by atoms with Crippen LogP contribution in [0, 0.1) is 0 Å². The van der Waals surface area contributed by atoms with Crippen molar-refractivity contribution in [1.82, 2.24) is 0 Å². The summed E-state index contributed by atoms with van der Waals surface area (Å²) < 4.78 is 48.7. The van der Waals surface area contributed by atoms with Crippen LogP contribution in [0.25, 0.3) is 0 Å². The third kappa shape index (κ3) is 3.98. The number of hydrogen-bond donors (Lipinski definition) is 1. The quantitative estimate of drug-likeness (QED) is 0.811. The number of alkyl halides is 3. The lowest BCUT2D eigenvalue weighted by molar-refractivity contribution is -0.175. The van der Waals surface area contributed by atoms with E-state index in [-0.39, 0.29) is 30.1 Å². The Labute approximate surface area is 140 Å². The molecular formula is C16H14F3NO5. The van der Waals surface area contributed by atoms with Gasteiger partial charge in [-0.1, -0.05) is 0 Å². The summed E-state index contributed by atoms with van der Waals surface area (Å²) in [6, 6.07) is 3.82. The van der Waals surface area contributed by atoms with Gasteiger partial charge >= 0.3 is 12.1 Å². The highest BCUT2D eigenvalue weighted by molar-refractivity contribution is 5.99. The molecule has 1 aliphatic heterocycles. The number of Topliss-reactive ketones (excluding diaryl/α,β-unsaturated/α-hetero) is 1. The van der Waals surface area contributed by atoms with Gasteiger partial charge in [0, 0.05) is 12.6 Å². The van der Waals surface area contributed by atoms with E-state index in [0.29, 0.717) is 0 Å². The third-order valence-electron chi connectivity index (χ3n) is 3.56. The molecule has 6 nitrogen and oxygen atoms in total. The van der Waals surface area contributed by atoms with Crippen molar-refractivity contribution in [3.8, 4) is 11.5 Å². The molecule has 0 saturated carbocycles. The SMILES string of the molecule is COc1cc(C(=O)O)ccc1OCCC1(C(=O)C(F)(F)F)C=CC=N1. The van der Waals surface area contributed by atoms with Crippen LogP contribution in [0.2, 0.25) is 0 Å². The molecule has 0 radical (unpaired) electrons. The predicted octanol–water partition coefficient (Wildman–Crippen LogP) is 2.67. The molecule has 9 heteroatoms. The van der Waals surface area contributed by atoms with Gasteiger partial charge in [0.25, 0.3) is 5.78 Å². The molecule has 0 amide bonds. The van der Waals surface area contributed by atoms with E-state index in [1.165, 1.54) is 31.4 Å². The first-order valence-corrected chi connectivity index (χ1v) is 7.08. The second-order valence-electron chi connectivity index (χ2n) is 5.16. The molecule has 1 aliphatic rings. The van der Waals surface area contributed by atoms with Crippen LogP contribution in [0.1, 0.15) is 16.8 Å². The average Bonchev–Trinajstić information content (AvgIpc) is 3.03. The van der Waals surface area contributed by atoms with E-state index in [2.05, 4.69) is 4.99 Å². The van der Waals surface area contributed by atoms with Crippen LogP contribution in [0.4, 0.5) is 13.2 Å². The summed E-state index contributed by atoms with van der Waals surface area (Å²) in [5, 5.41) is 8.92. The zero-order valence-electron chi connectivity index (χ0n) is 13.0. The van der Waals surface area contributed by atoms with Crippen LogP contribution in [0.5, 0.6) is 11.5 Å². The number of benzene rings is 1. The molecule has 1 heterocycles. The average molecular weight is 357 g/mol. The standard InChI is InChI=1S/C16H14F3NO5/c1-24-12-9-10(13(21)22)3-4-11(12)25-8-6-15(5-2-7-20-15)14(23)16(17,18)19/h2-5,7,9H,6,8H2,1H3,(H,21,22). The Morgan fingerprint density at radius 1 is 1.28 bits per heavy atom. The first kappa shape index (κ1) is 18.5. The van der Waals surface area contributed by atoms with E-state index in [1.54, 1.807) is 0 Å². The van der Waals surface area contributed by atoms with Gasteiger partial charge in [-0.15, -0.1) is 0 Å². The molecular weight excluding hydrogens is 343 g/mol. The van der Waals surface area contributed by atoms with Gasteiger partial charge < -0.3 is 14.6 Å². The molecule has 1 unspecified atom stereocenters. The van der Waals surface area contributed by atoms with Crippen LogP contribution >= 0.6 is 0 Å². The molecule has 0 aromatic heterocycles. The number of nitrogens with zero attached hydrogens (tertiary/aromatic N) is 1. The maximum atomic E-state index is 12.8. The topological polar surface area (TPSA) is 85.2 Å². The smallest absolute Gasteiger partial charge is 0.452 e. The Morgan fingerprint density at radius 3 is 2.52 bits per heavy atom. The normalized spacial score (nSPS) is 19.0. The minimum atomic E-state index is -5.02. The number of ketones is 1. The molecule has 0 saturated heterocycles. The fourth-order valence-corrected chi connectivity index (χ4v) is 2.30. The zero-order valence-corrected chi connectivity index (χ0v) is 13.0. The summed E-state index contributed by atoms with van der Waals surface area (Å²) in [5.74, 6) is -2.87. The van der Waals surface area contributed by atoms with Crippen molar-refractivity contribution in [2.75, 3.05) is 13.7 Å². The van der Waals surface area contributed by atoms with Crippen LogP contribution in [-0.2, 0) is 4.79 Å². The van der Waals surface area contributed by atoms with Gasteiger partial charge in [-0.25, -0.2) is 4.79 Å². The number of aliphatic imine (C=N–C) groups is 1. The summed E-state index contributed by atoms with van der Waals surface area (Å²) in [5.41, 5.74) is -2.07.